The first-order chi connectivity index (χ1) is 8.56. The van der Waals surface area contributed by atoms with Crippen LogP contribution in [0.25, 0.3) is 0 Å². The summed E-state index contributed by atoms with van der Waals surface area (Å²) in [6, 6.07) is 13.3. The molecule has 2 nitrogen and oxygen atoms in total. The molecule has 0 amide bonds. The quantitative estimate of drug-likeness (QED) is 0.528. The molecule has 0 aliphatic rings. The maximum absolute atomic E-state index is 10.1. The van der Waals surface area contributed by atoms with Crippen LogP contribution in [0, 0.1) is 0 Å². The van der Waals surface area contributed by atoms with Crippen molar-refractivity contribution in [2.45, 2.75) is 9.79 Å². The van der Waals surface area contributed by atoms with Crippen molar-refractivity contribution in [3.63, 3.8) is 0 Å². The Morgan fingerprint density at radius 2 is 1.42 bits per heavy atom. The lowest BCUT2D eigenvalue weighted by atomic mass is 10.3. The van der Waals surface area contributed by atoms with Gasteiger partial charge in [0.15, 0.2) is 11.5 Å². The molecule has 2 N–H and O–H groups in total. The summed E-state index contributed by atoms with van der Waals surface area (Å²) in [6.07, 6.45) is 0. The van der Waals surface area contributed by atoms with Gasteiger partial charge in [0.1, 0.15) is 0 Å². The number of para-hydroxylation sites is 1. The first kappa shape index (κ1) is 15.3. The van der Waals surface area contributed by atoms with Crippen molar-refractivity contribution < 1.29 is 10.2 Å². The molecule has 2 rings (SSSR count). The highest BCUT2D eigenvalue weighted by molar-refractivity contribution is 10.1. The number of phenolic OH excluding ortho intramolecular Hbond substituents is 2. The second kappa shape index (κ2) is 4.21. The van der Waals surface area contributed by atoms with Crippen LogP contribution in [-0.4, -0.2) is 10.2 Å². The largest absolute Gasteiger partial charge is 0.504 e. The second-order valence-electron chi connectivity index (χ2n) is 4.01. The third-order valence-corrected chi connectivity index (χ3v) is 11.5. The van der Waals surface area contributed by atoms with Crippen LogP contribution in [0.15, 0.2) is 58.3 Å². The predicted octanol–water partition coefficient (Wildman–Crippen LogP) is 6.32. The Balaban J connectivity index is 2.86. The van der Waals surface area contributed by atoms with Crippen molar-refractivity contribution >= 4 is 54.6 Å². The van der Waals surface area contributed by atoms with Crippen LogP contribution in [0.1, 0.15) is 0 Å². The number of rotatable bonds is 2. The van der Waals surface area contributed by atoms with E-state index in [0.29, 0.717) is 4.90 Å². The van der Waals surface area contributed by atoms with E-state index < -0.39 is 3.59 Å². The third kappa shape index (κ3) is 2.59. The van der Waals surface area contributed by atoms with Gasteiger partial charge in [-0.25, -0.2) is 0 Å². The summed E-state index contributed by atoms with van der Waals surface area (Å²) < 4.78 is -4.31. The molecule has 2 aromatic carbocycles. The predicted molar refractivity (Wildman–Crippen MR) is 89.9 cm³/mol. The normalized spacial score (nSPS) is 15.6. The fourth-order valence-electron chi connectivity index (χ4n) is 1.66. The molecule has 0 saturated carbocycles. The van der Waals surface area contributed by atoms with Gasteiger partial charge in [-0.15, -0.1) is 0 Å². The monoisotopic (exact) mass is 446 g/mol. The summed E-state index contributed by atoms with van der Waals surface area (Å²) in [6.45, 7) is 0. The van der Waals surface area contributed by atoms with Gasteiger partial charge in [0.05, 0.1) is 4.90 Å². The highest BCUT2D eigenvalue weighted by Gasteiger charge is 2.58. The van der Waals surface area contributed by atoms with Crippen molar-refractivity contribution in [1.29, 1.82) is 0 Å². The molecular weight excluding hydrogens is 439 g/mol. The van der Waals surface area contributed by atoms with Crippen molar-refractivity contribution in [1.82, 2.24) is 0 Å². The molecule has 7 heteroatoms. The van der Waals surface area contributed by atoms with Gasteiger partial charge in [-0.2, -0.15) is 0 Å². The summed E-state index contributed by atoms with van der Waals surface area (Å²) >= 11 is 6.77. The van der Waals surface area contributed by atoms with Gasteiger partial charge in [0, 0.05) is 4.90 Å². The summed E-state index contributed by atoms with van der Waals surface area (Å²) in [5, 5.41) is 19.7. The lowest BCUT2D eigenvalue weighted by Gasteiger charge is -2.58. The molecule has 0 aliphatic carbocycles. The Morgan fingerprint density at radius 1 is 0.842 bits per heavy atom. The minimum atomic E-state index is -4.31. The minimum Gasteiger partial charge on any atom is -0.504 e. The van der Waals surface area contributed by atoms with E-state index in [1.807, 2.05) is 6.07 Å². The fraction of sp³-hybridized carbons (Fsp3) is 0. The Kier molecular flexibility index (Phi) is 3.40. The van der Waals surface area contributed by atoms with Crippen LogP contribution in [0.4, 0.5) is 0 Å². The van der Waals surface area contributed by atoms with Crippen LogP contribution in [0.2, 0.25) is 0 Å². The van der Waals surface area contributed by atoms with Gasteiger partial charge in [0.2, 0.25) is 0 Å². The Labute approximate surface area is 134 Å². The summed E-state index contributed by atoms with van der Waals surface area (Å²) in [7, 11) is 13.4. The Hall–Kier alpha value is -0.0700. The zero-order valence-corrected chi connectivity index (χ0v) is 14.9. The summed E-state index contributed by atoms with van der Waals surface area (Å²) in [5.74, 6) is -0.662. The van der Waals surface area contributed by atoms with E-state index in [-0.39, 0.29) is 16.4 Å². The van der Waals surface area contributed by atoms with Crippen molar-refractivity contribution in [3.05, 3.63) is 48.5 Å². The van der Waals surface area contributed by atoms with E-state index in [9.17, 15) is 10.2 Å². The molecular formula is C12H10Br2Cl2O2S. The fourth-order valence-corrected chi connectivity index (χ4v) is 7.69. The number of hydrogen-bond donors (Lipinski definition) is 2. The highest BCUT2D eigenvalue weighted by Crippen LogP contribution is 3.16. The molecule has 0 aliphatic heterocycles. The van der Waals surface area contributed by atoms with Crippen LogP contribution < -0.4 is 0 Å². The standard InChI is InChI=1S/C12H10Br2Cl2O2S/c13-19(14,15,16,9-5-2-1-3-6-9)11-8-4-7-10(17)12(11)18/h1-8,17-18H. The van der Waals surface area contributed by atoms with E-state index in [0.717, 1.165) is 0 Å². The van der Waals surface area contributed by atoms with Gasteiger partial charge in [-0.1, -0.05) is 24.3 Å². The number of aromatic hydroxyl groups is 2. The van der Waals surface area contributed by atoms with Gasteiger partial charge >= 0.3 is 0 Å². The number of benzene rings is 2. The van der Waals surface area contributed by atoms with Gasteiger partial charge in [0.25, 0.3) is 0 Å². The Morgan fingerprint density at radius 3 is 2.00 bits per heavy atom. The minimum absolute atomic E-state index is 0.175. The molecule has 0 radical (unpaired) electrons. The van der Waals surface area contributed by atoms with Crippen LogP contribution in [0.5, 0.6) is 11.5 Å². The molecule has 0 heterocycles. The zero-order chi connectivity index (χ0) is 14.4. The molecule has 0 spiro atoms. The van der Waals surface area contributed by atoms with E-state index >= 15 is 0 Å². The van der Waals surface area contributed by atoms with Crippen molar-refractivity contribution in [2.24, 2.45) is 0 Å². The molecule has 0 bridgehead atoms. The maximum Gasteiger partial charge on any atom is 0.172 e. The molecule has 0 unspecified atom stereocenters. The van der Waals surface area contributed by atoms with Crippen molar-refractivity contribution in [3.8, 4) is 11.5 Å². The first-order valence-corrected chi connectivity index (χ1v) is 12.9. The Bertz CT molecular complexity index is 641. The molecule has 0 saturated heterocycles. The molecule has 0 aromatic heterocycles. The second-order valence-corrected chi connectivity index (χ2v) is 29.0. The molecule has 19 heavy (non-hydrogen) atoms. The van der Waals surface area contributed by atoms with E-state index in [1.54, 1.807) is 36.4 Å². The topological polar surface area (TPSA) is 40.5 Å². The summed E-state index contributed by atoms with van der Waals surface area (Å²) in [5.41, 5.74) is 0. The van der Waals surface area contributed by atoms with Crippen LogP contribution >= 0.6 is 54.6 Å². The lowest BCUT2D eigenvalue weighted by molar-refractivity contribution is 0.395. The average molecular weight is 449 g/mol. The van der Waals surface area contributed by atoms with Gasteiger partial charge in [-0.05, 0) is 78.8 Å². The lowest BCUT2D eigenvalue weighted by Crippen LogP contribution is -2.08. The SMILES string of the molecule is Oc1cccc(S(Cl)(Cl)(Br)(Br)c2ccccc2)c1O. The van der Waals surface area contributed by atoms with E-state index in [1.165, 1.54) is 6.07 Å². The van der Waals surface area contributed by atoms with Gasteiger partial charge in [-0.3, -0.25) is 0 Å². The molecule has 2 aromatic rings. The number of phenols is 2. The summed E-state index contributed by atoms with van der Waals surface area (Å²) in [4.78, 5) is 0.723. The number of halogens is 4. The average Bonchev–Trinajstić information content (AvgIpc) is 2.32. The molecule has 0 fully saturated rings. The zero-order valence-electron chi connectivity index (χ0n) is 9.43. The van der Waals surface area contributed by atoms with E-state index in [4.69, 9.17) is 21.4 Å². The molecule has 0 atom stereocenters. The van der Waals surface area contributed by atoms with Crippen LogP contribution in [0.3, 0.4) is 0 Å². The smallest absolute Gasteiger partial charge is 0.172 e. The molecule has 104 valence electrons. The van der Waals surface area contributed by atoms with E-state index in [2.05, 4.69) is 29.6 Å². The van der Waals surface area contributed by atoms with Crippen molar-refractivity contribution in [2.75, 3.05) is 0 Å². The highest BCUT2D eigenvalue weighted by atomic mass is 79.9. The first-order valence-electron chi connectivity index (χ1n) is 5.13. The third-order valence-electron chi connectivity index (χ3n) is 2.64. The van der Waals surface area contributed by atoms with Gasteiger partial charge < -0.3 is 10.2 Å². The maximum atomic E-state index is 10.1. The number of hydrogen-bond acceptors (Lipinski definition) is 2. The van der Waals surface area contributed by atoms with Crippen LogP contribution in [-0.2, 0) is 0 Å².